The highest BCUT2D eigenvalue weighted by Crippen LogP contribution is 2.30. The Morgan fingerprint density at radius 3 is 2.62 bits per heavy atom. The van der Waals surface area contributed by atoms with Crippen LogP contribution in [0.15, 0.2) is 40.8 Å². The molecular weight excluding hydrogens is 371 g/mol. The third kappa shape index (κ3) is 3.51. The van der Waals surface area contributed by atoms with Crippen LogP contribution in [-0.2, 0) is 4.79 Å². The van der Waals surface area contributed by atoms with Gasteiger partial charge in [-0.15, -0.1) is 0 Å². The van der Waals surface area contributed by atoms with Crippen LogP contribution in [0, 0.1) is 13.8 Å². The lowest BCUT2D eigenvalue weighted by Crippen LogP contribution is -2.26. The lowest BCUT2D eigenvalue weighted by Gasteiger charge is -2.11. The van der Waals surface area contributed by atoms with Gasteiger partial charge in [0.2, 0.25) is 5.89 Å². The molecule has 7 heteroatoms. The molecule has 0 aliphatic heterocycles. The van der Waals surface area contributed by atoms with Crippen molar-refractivity contribution in [2.24, 2.45) is 0 Å². The summed E-state index contributed by atoms with van der Waals surface area (Å²) < 4.78 is 3.84. The van der Waals surface area contributed by atoms with Crippen LogP contribution in [-0.4, -0.2) is 14.7 Å². The number of aryl methyl sites for hydroxylation is 2. The quantitative estimate of drug-likeness (QED) is 0.601. The van der Waals surface area contributed by atoms with Crippen LogP contribution in [0.2, 0.25) is 0 Å². The summed E-state index contributed by atoms with van der Waals surface area (Å²) in [7, 11) is 0. The van der Waals surface area contributed by atoms with E-state index in [-0.39, 0.29) is 0 Å². The molecule has 1 N–H and O–H groups in total. The molecule has 4 nitrogen and oxygen atoms in total. The van der Waals surface area contributed by atoms with E-state index in [1.807, 2.05) is 32.0 Å². The molecule has 0 unspecified atom stereocenters. The van der Waals surface area contributed by atoms with E-state index in [1.54, 1.807) is 18.2 Å². The molecule has 0 aliphatic rings. The van der Waals surface area contributed by atoms with Gasteiger partial charge < -0.3 is 9.73 Å². The first-order valence-corrected chi connectivity index (χ1v) is 8.24. The van der Waals surface area contributed by atoms with Crippen LogP contribution in [0.3, 0.4) is 0 Å². The van der Waals surface area contributed by atoms with Crippen molar-refractivity contribution in [2.45, 2.75) is 17.6 Å². The maximum Gasteiger partial charge on any atom is 0.276 e. The molecule has 0 atom stereocenters. The van der Waals surface area contributed by atoms with Gasteiger partial charge in [0.15, 0.2) is 5.58 Å². The Bertz CT molecular complexity index is 929. The lowest BCUT2D eigenvalue weighted by atomic mass is 10.1. The molecule has 0 spiro atoms. The van der Waals surface area contributed by atoms with Crippen LogP contribution in [0.4, 0.5) is 5.69 Å². The van der Waals surface area contributed by atoms with Gasteiger partial charge in [0, 0.05) is 11.3 Å². The Labute approximate surface area is 153 Å². The zero-order valence-electron chi connectivity index (χ0n) is 12.9. The summed E-state index contributed by atoms with van der Waals surface area (Å²) in [6.45, 7) is 3.98. The first-order valence-electron chi connectivity index (χ1n) is 7.10. The normalized spacial score (nSPS) is 11.7. The monoisotopic (exact) mass is 382 g/mol. The Morgan fingerprint density at radius 1 is 1.17 bits per heavy atom. The third-order valence-electron chi connectivity index (χ3n) is 3.44. The van der Waals surface area contributed by atoms with Crippen molar-refractivity contribution in [3.8, 4) is 11.5 Å². The van der Waals surface area contributed by atoms with E-state index >= 15 is 0 Å². The summed E-state index contributed by atoms with van der Waals surface area (Å²) in [5.74, 6) is -0.266. The van der Waals surface area contributed by atoms with Gasteiger partial charge in [0.1, 0.15) is 5.52 Å². The van der Waals surface area contributed by atoms with Crippen LogP contribution in [0.25, 0.3) is 22.6 Å². The molecule has 0 saturated heterocycles. The first-order chi connectivity index (χ1) is 11.2. The largest absolute Gasteiger partial charge is 0.436 e. The van der Waals surface area contributed by atoms with Crippen molar-refractivity contribution in [3.63, 3.8) is 0 Å². The van der Waals surface area contributed by atoms with E-state index in [2.05, 4.69) is 10.3 Å². The molecule has 1 heterocycles. The zero-order chi connectivity index (χ0) is 17.5. The summed E-state index contributed by atoms with van der Waals surface area (Å²) in [4.78, 5) is 16.3. The van der Waals surface area contributed by atoms with E-state index in [0.717, 1.165) is 22.2 Å². The number of anilines is 1. The van der Waals surface area contributed by atoms with Gasteiger partial charge in [-0.1, -0.05) is 46.9 Å². The van der Waals surface area contributed by atoms with Crippen molar-refractivity contribution >= 4 is 57.5 Å². The summed E-state index contributed by atoms with van der Waals surface area (Å²) in [5.41, 5.74) is 4.86. The predicted molar refractivity (Wildman–Crippen MR) is 97.8 cm³/mol. The number of hydrogen-bond donors (Lipinski definition) is 1. The van der Waals surface area contributed by atoms with E-state index in [4.69, 9.17) is 39.2 Å². The fourth-order valence-corrected chi connectivity index (χ4v) is 2.57. The summed E-state index contributed by atoms with van der Waals surface area (Å²) in [6, 6.07) is 11.0. The minimum Gasteiger partial charge on any atom is -0.436 e. The number of aromatic nitrogens is 1. The minimum absolute atomic E-state index is 0.462. The third-order valence-corrected chi connectivity index (χ3v) is 3.96. The maximum absolute atomic E-state index is 11.8. The summed E-state index contributed by atoms with van der Waals surface area (Å²) >= 11 is 16.7. The minimum atomic E-state index is -2.03. The molecule has 3 rings (SSSR count). The highest BCUT2D eigenvalue weighted by molar-refractivity contribution is 6.76. The van der Waals surface area contributed by atoms with E-state index < -0.39 is 9.70 Å². The van der Waals surface area contributed by atoms with E-state index in [9.17, 15) is 4.79 Å². The summed E-state index contributed by atoms with van der Waals surface area (Å²) in [6.07, 6.45) is 0. The van der Waals surface area contributed by atoms with Crippen LogP contribution in [0.5, 0.6) is 0 Å². The molecule has 1 amide bonds. The zero-order valence-corrected chi connectivity index (χ0v) is 15.1. The SMILES string of the molecule is Cc1cc(C)c2oc(-c3cccc(NC(=O)C(Cl)(Cl)Cl)c3)nc2c1. The van der Waals surface area contributed by atoms with Gasteiger partial charge in [-0.3, -0.25) is 4.79 Å². The Hall–Kier alpha value is -1.75. The number of carbonyl (C=O) groups excluding carboxylic acids is 1. The molecule has 0 radical (unpaired) electrons. The number of fused-ring (bicyclic) bond motifs is 1. The van der Waals surface area contributed by atoms with Gasteiger partial charge in [-0.25, -0.2) is 4.98 Å². The van der Waals surface area contributed by atoms with Gasteiger partial charge in [-0.2, -0.15) is 0 Å². The van der Waals surface area contributed by atoms with Crippen molar-refractivity contribution in [1.82, 2.24) is 4.98 Å². The number of carbonyl (C=O) groups is 1. The molecule has 0 bridgehead atoms. The number of halogens is 3. The molecule has 24 heavy (non-hydrogen) atoms. The fraction of sp³-hybridized carbons (Fsp3) is 0.176. The lowest BCUT2D eigenvalue weighted by molar-refractivity contribution is -0.115. The Morgan fingerprint density at radius 2 is 1.92 bits per heavy atom. The molecule has 0 saturated carbocycles. The molecule has 0 fully saturated rings. The van der Waals surface area contributed by atoms with Crippen LogP contribution >= 0.6 is 34.8 Å². The van der Waals surface area contributed by atoms with Gasteiger partial charge in [0.25, 0.3) is 9.70 Å². The standard InChI is InChI=1S/C17H13Cl3N2O2/c1-9-6-10(2)14-13(7-9)22-15(24-14)11-4-3-5-12(8-11)21-16(23)17(18,19)20/h3-8H,1-2H3,(H,21,23). The average molecular weight is 384 g/mol. The number of benzene rings is 2. The van der Waals surface area contributed by atoms with Crippen molar-refractivity contribution < 1.29 is 9.21 Å². The van der Waals surface area contributed by atoms with Gasteiger partial charge in [0.05, 0.1) is 0 Å². The Kier molecular flexibility index (Phi) is 4.47. The number of rotatable bonds is 2. The van der Waals surface area contributed by atoms with Gasteiger partial charge >= 0.3 is 0 Å². The predicted octanol–water partition coefficient (Wildman–Crippen LogP) is 5.42. The van der Waals surface area contributed by atoms with Gasteiger partial charge in [-0.05, 0) is 49.2 Å². The molecule has 124 valence electrons. The van der Waals surface area contributed by atoms with E-state index in [0.29, 0.717) is 17.1 Å². The molecule has 2 aromatic carbocycles. The maximum atomic E-state index is 11.8. The van der Waals surface area contributed by atoms with Crippen molar-refractivity contribution in [2.75, 3.05) is 5.32 Å². The molecule has 3 aromatic rings. The first kappa shape index (κ1) is 17.1. The number of alkyl halides is 3. The number of nitrogens with zero attached hydrogens (tertiary/aromatic N) is 1. The summed E-state index contributed by atoms with van der Waals surface area (Å²) in [5, 5.41) is 2.54. The second kappa shape index (κ2) is 6.28. The second-order valence-electron chi connectivity index (χ2n) is 5.48. The average Bonchev–Trinajstić information content (AvgIpc) is 2.91. The molecule has 0 aliphatic carbocycles. The number of amides is 1. The molecule has 1 aromatic heterocycles. The van der Waals surface area contributed by atoms with Crippen molar-refractivity contribution in [3.05, 3.63) is 47.5 Å². The smallest absolute Gasteiger partial charge is 0.276 e. The van der Waals surface area contributed by atoms with Crippen LogP contribution in [0.1, 0.15) is 11.1 Å². The van der Waals surface area contributed by atoms with Crippen molar-refractivity contribution in [1.29, 1.82) is 0 Å². The molecular formula is C17H13Cl3N2O2. The van der Waals surface area contributed by atoms with E-state index in [1.165, 1.54) is 0 Å². The van der Waals surface area contributed by atoms with Crippen LogP contribution < -0.4 is 5.32 Å². The second-order valence-corrected chi connectivity index (χ2v) is 7.76. The number of nitrogens with one attached hydrogen (secondary N) is 1. The number of oxazole rings is 1. The Balaban J connectivity index is 1.97. The highest BCUT2D eigenvalue weighted by Gasteiger charge is 2.30. The highest BCUT2D eigenvalue weighted by atomic mass is 35.6. The number of hydrogen-bond acceptors (Lipinski definition) is 3. The topological polar surface area (TPSA) is 55.1 Å². The fourth-order valence-electron chi connectivity index (χ4n) is 2.43.